The lowest BCUT2D eigenvalue weighted by molar-refractivity contribution is -0.144. The number of carbonyl (C=O) groups is 1. The molecule has 12 heavy (non-hydrogen) atoms. The van der Waals surface area contributed by atoms with Gasteiger partial charge in [-0.3, -0.25) is 4.79 Å². The monoisotopic (exact) mass is 174 g/mol. The van der Waals surface area contributed by atoms with Crippen LogP contribution in [0.15, 0.2) is 0 Å². The Balaban J connectivity index is 3.56. The summed E-state index contributed by atoms with van der Waals surface area (Å²) in [5, 5.41) is 0. The van der Waals surface area contributed by atoms with E-state index in [1.165, 1.54) is 0 Å². The van der Waals surface area contributed by atoms with Crippen molar-refractivity contribution in [3.05, 3.63) is 0 Å². The van der Waals surface area contributed by atoms with E-state index in [0.29, 0.717) is 13.0 Å². The second kappa shape index (κ2) is 5.97. The van der Waals surface area contributed by atoms with E-state index in [1.54, 1.807) is 6.92 Å². The predicted molar refractivity (Wildman–Crippen MR) is 47.8 cm³/mol. The fourth-order valence-corrected chi connectivity index (χ4v) is 0.764. The normalized spacial score (nSPS) is 13.1. The van der Waals surface area contributed by atoms with Gasteiger partial charge >= 0.3 is 5.97 Å². The van der Waals surface area contributed by atoms with Gasteiger partial charge in [-0.05, 0) is 34.0 Å². The van der Waals surface area contributed by atoms with Gasteiger partial charge in [0.05, 0.1) is 6.61 Å². The van der Waals surface area contributed by atoms with E-state index in [0.717, 1.165) is 6.54 Å². The lowest BCUT2D eigenvalue weighted by Gasteiger charge is -2.13. The minimum absolute atomic E-state index is 0.306. The minimum Gasteiger partial charge on any atom is -0.465 e. The summed E-state index contributed by atoms with van der Waals surface area (Å²) in [5.41, 5.74) is 5.55. The first-order valence-corrected chi connectivity index (χ1v) is 4.14. The van der Waals surface area contributed by atoms with Crippen LogP contribution in [0, 0.1) is 0 Å². The number of carbonyl (C=O) groups excluding carboxylic acids is 1. The Bertz CT molecular complexity index is 137. The minimum atomic E-state index is -0.479. The van der Waals surface area contributed by atoms with Crippen LogP contribution in [0.3, 0.4) is 0 Å². The number of nitrogens with two attached hydrogens (primary N) is 1. The van der Waals surface area contributed by atoms with Crippen LogP contribution in [-0.4, -0.2) is 44.2 Å². The number of hydrogen-bond donors (Lipinski definition) is 1. The summed E-state index contributed by atoms with van der Waals surface area (Å²) in [4.78, 5) is 13.0. The van der Waals surface area contributed by atoms with Crippen LogP contribution in [0.2, 0.25) is 0 Å². The van der Waals surface area contributed by atoms with Crippen LogP contribution in [-0.2, 0) is 9.53 Å². The molecule has 72 valence electrons. The zero-order valence-electron chi connectivity index (χ0n) is 8.04. The Hall–Kier alpha value is -0.610. The number of nitrogens with zero attached hydrogens (tertiary/aromatic N) is 1. The fraction of sp³-hybridized carbons (Fsp3) is 0.875. The van der Waals surface area contributed by atoms with Gasteiger partial charge in [0.1, 0.15) is 6.04 Å². The van der Waals surface area contributed by atoms with Crippen molar-refractivity contribution in [2.45, 2.75) is 19.4 Å². The third kappa shape index (κ3) is 5.09. The highest BCUT2D eigenvalue weighted by molar-refractivity contribution is 5.75. The second-order valence-corrected chi connectivity index (χ2v) is 2.95. The Morgan fingerprint density at radius 1 is 1.58 bits per heavy atom. The van der Waals surface area contributed by atoms with Crippen molar-refractivity contribution in [2.75, 3.05) is 27.2 Å². The van der Waals surface area contributed by atoms with Crippen molar-refractivity contribution in [1.82, 2.24) is 4.90 Å². The van der Waals surface area contributed by atoms with Crippen molar-refractivity contribution in [1.29, 1.82) is 0 Å². The van der Waals surface area contributed by atoms with Gasteiger partial charge < -0.3 is 15.4 Å². The Morgan fingerprint density at radius 3 is 2.58 bits per heavy atom. The van der Waals surface area contributed by atoms with E-state index in [4.69, 9.17) is 10.5 Å². The Kier molecular flexibility index (Phi) is 5.66. The molecule has 4 heteroatoms. The van der Waals surface area contributed by atoms with E-state index in [2.05, 4.69) is 0 Å². The van der Waals surface area contributed by atoms with Crippen LogP contribution in [0.4, 0.5) is 0 Å². The molecule has 0 aliphatic heterocycles. The molecule has 2 N–H and O–H groups in total. The fourth-order valence-electron chi connectivity index (χ4n) is 0.764. The van der Waals surface area contributed by atoms with Crippen LogP contribution in [0.5, 0.6) is 0 Å². The molecule has 1 atom stereocenters. The number of hydrogen-bond acceptors (Lipinski definition) is 4. The first-order valence-electron chi connectivity index (χ1n) is 4.14. The van der Waals surface area contributed by atoms with Gasteiger partial charge in [-0.15, -0.1) is 0 Å². The second-order valence-electron chi connectivity index (χ2n) is 2.95. The largest absolute Gasteiger partial charge is 0.465 e. The molecule has 0 unspecified atom stereocenters. The molecule has 0 bridgehead atoms. The third-order valence-corrected chi connectivity index (χ3v) is 1.48. The highest BCUT2D eigenvalue weighted by Crippen LogP contribution is 1.93. The van der Waals surface area contributed by atoms with Crippen LogP contribution >= 0.6 is 0 Å². The molecule has 4 nitrogen and oxygen atoms in total. The van der Waals surface area contributed by atoms with Crippen LogP contribution in [0.1, 0.15) is 13.3 Å². The van der Waals surface area contributed by atoms with Crippen molar-refractivity contribution in [2.24, 2.45) is 5.73 Å². The maximum Gasteiger partial charge on any atom is 0.322 e. The molecule has 0 aromatic heterocycles. The molecule has 0 aromatic carbocycles. The molecule has 0 saturated heterocycles. The summed E-state index contributed by atoms with van der Waals surface area (Å²) < 4.78 is 4.75. The zero-order chi connectivity index (χ0) is 9.56. The molecule has 0 radical (unpaired) electrons. The summed E-state index contributed by atoms with van der Waals surface area (Å²) in [6.45, 7) is 2.98. The maximum absolute atomic E-state index is 11.0. The third-order valence-electron chi connectivity index (χ3n) is 1.48. The van der Waals surface area contributed by atoms with Crippen molar-refractivity contribution in [3.63, 3.8) is 0 Å². The SMILES string of the molecule is CCOC(=O)[C@@H](N)CCN(C)C. The number of ether oxygens (including phenoxy) is 1. The van der Waals surface area contributed by atoms with Crippen molar-refractivity contribution >= 4 is 5.97 Å². The topological polar surface area (TPSA) is 55.6 Å². The molecule has 0 saturated carbocycles. The van der Waals surface area contributed by atoms with E-state index >= 15 is 0 Å². The van der Waals surface area contributed by atoms with Gasteiger partial charge in [0, 0.05) is 0 Å². The lowest BCUT2D eigenvalue weighted by atomic mass is 10.2. The summed E-state index contributed by atoms with van der Waals surface area (Å²) in [6, 6.07) is -0.479. The van der Waals surface area contributed by atoms with Crippen molar-refractivity contribution in [3.8, 4) is 0 Å². The average Bonchev–Trinajstić information content (AvgIpc) is 2.00. The quantitative estimate of drug-likeness (QED) is 0.588. The Morgan fingerprint density at radius 2 is 2.17 bits per heavy atom. The summed E-state index contributed by atoms with van der Waals surface area (Å²) in [7, 11) is 3.88. The van der Waals surface area contributed by atoms with Crippen molar-refractivity contribution < 1.29 is 9.53 Å². The average molecular weight is 174 g/mol. The summed E-state index contributed by atoms with van der Waals surface area (Å²) >= 11 is 0. The molecule has 0 spiro atoms. The molecule has 0 rings (SSSR count). The van der Waals surface area contributed by atoms with Crippen LogP contribution < -0.4 is 5.73 Å². The molecular weight excluding hydrogens is 156 g/mol. The smallest absolute Gasteiger partial charge is 0.322 e. The zero-order valence-corrected chi connectivity index (χ0v) is 8.04. The molecule has 0 aliphatic carbocycles. The van der Waals surface area contributed by atoms with E-state index in [9.17, 15) is 4.79 Å². The first kappa shape index (κ1) is 11.4. The summed E-state index contributed by atoms with van der Waals surface area (Å²) in [6.07, 6.45) is 0.645. The summed E-state index contributed by atoms with van der Waals surface area (Å²) in [5.74, 6) is -0.306. The van der Waals surface area contributed by atoms with Gasteiger partial charge in [-0.1, -0.05) is 0 Å². The molecule has 0 aromatic rings. The highest BCUT2D eigenvalue weighted by Gasteiger charge is 2.13. The molecular formula is C8H18N2O2. The molecule has 0 heterocycles. The maximum atomic E-state index is 11.0. The first-order chi connectivity index (χ1) is 5.57. The predicted octanol–water partition coefficient (Wildman–Crippen LogP) is -0.171. The van der Waals surface area contributed by atoms with E-state index in [1.807, 2.05) is 19.0 Å². The van der Waals surface area contributed by atoms with Gasteiger partial charge in [0.2, 0.25) is 0 Å². The Labute approximate surface area is 73.7 Å². The number of rotatable bonds is 5. The molecule has 0 fully saturated rings. The highest BCUT2D eigenvalue weighted by atomic mass is 16.5. The molecule has 0 aliphatic rings. The van der Waals surface area contributed by atoms with Gasteiger partial charge in [-0.25, -0.2) is 0 Å². The number of esters is 1. The molecule has 0 amide bonds. The lowest BCUT2D eigenvalue weighted by Crippen LogP contribution is -2.35. The van der Waals surface area contributed by atoms with E-state index in [-0.39, 0.29) is 5.97 Å². The standard InChI is InChI=1S/C8H18N2O2/c1-4-12-8(11)7(9)5-6-10(2)3/h7H,4-6,9H2,1-3H3/t7-/m0/s1. The van der Waals surface area contributed by atoms with Gasteiger partial charge in [0.25, 0.3) is 0 Å². The van der Waals surface area contributed by atoms with Gasteiger partial charge in [-0.2, -0.15) is 0 Å². The van der Waals surface area contributed by atoms with Gasteiger partial charge in [0.15, 0.2) is 0 Å². The van der Waals surface area contributed by atoms with Crippen LogP contribution in [0.25, 0.3) is 0 Å². The van der Waals surface area contributed by atoms with E-state index < -0.39 is 6.04 Å².